The van der Waals surface area contributed by atoms with Gasteiger partial charge in [0.15, 0.2) is 0 Å². The summed E-state index contributed by atoms with van der Waals surface area (Å²) in [6.45, 7) is 6.41. The number of hydrogen-bond acceptors (Lipinski definition) is 2. The van der Waals surface area contributed by atoms with Crippen molar-refractivity contribution in [1.82, 2.24) is 0 Å². The molecule has 0 aliphatic heterocycles. The lowest BCUT2D eigenvalue weighted by atomic mass is 9.88. The molecule has 1 atom stereocenters. The van der Waals surface area contributed by atoms with Gasteiger partial charge in [-0.2, -0.15) is 13.2 Å². The van der Waals surface area contributed by atoms with Gasteiger partial charge in [0.25, 0.3) is 0 Å². The number of hydrogen-bond donors (Lipinski definition) is 2. The minimum Gasteiger partial charge on any atom is -0.381 e. The lowest BCUT2D eigenvalue weighted by Crippen LogP contribution is -2.33. The Bertz CT molecular complexity index is 449. The van der Waals surface area contributed by atoms with Crippen LogP contribution in [0.5, 0.6) is 0 Å². The Kier molecular flexibility index (Phi) is 5.02. The summed E-state index contributed by atoms with van der Waals surface area (Å²) in [5, 5.41) is 2.75. The van der Waals surface area contributed by atoms with E-state index in [9.17, 15) is 17.6 Å². The molecule has 0 bridgehead atoms. The maximum absolute atomic E-state index is 13.6. The van der Waals surface area contributed by atoms with Crippen LogP contribution in [0.1, 0.15) is 32.8 Å². The van der Waals surface area contributed by atoms with Gasteiger partial charge in [-0.3, -0.25) is 0 Å². The summed E-state index contributed by atoms with van der Waals surface area (Å²) >= 11 is 0. The summed E-state index contributed by atoms with van der Waals surface area (Å²) in [6, 6.07) is 2.22. The molecule has 3 N–H and O–H groups in total. The van der Waals surface area contributed by atoms with Crippen molar-refractivity contribution < 1.29 is 17.6 Å². The summed E-state index contributed by atoms with van der Waals surface area (Å²) in [4.78, 5) is 0. The zero-order valence-corrected chi connectivity index (χ0v) is 11.8. The molecule has 6 heteroatoms. The van der Waals surface area contributed by atoms with Crippen LogP contribution in [0.15, 0.2) is 18.2 Å². The highest BCUT2D eigenvalue weighted by molar-refractivity contribution is 5.47. The van der Waals surface area contributed by atoms with Gasteiger partial charge in [-0.15, -0.1) is 0 Å². The van der Waals surface area contributed by atoms with E-state index in [0.717, 1.165) is 18.6 Å². The number of nitrogens with two attached hydrogens (primary N) is 1. The first-order valence-corrected chi connectivity index (χ1v) is 6.35. The van der Waals surface area contributed by atoms with Crippen molar-refractivity contribution in [2.24, 2.45) is 11.1 Å². The number of nitrogens with one attached hydrogen (secondary N) is 1. The lowest BCUT2D eigenvalue weighted by molar-refractivity contribution is -0.137. The highest BCUT2D eigenvalue weighted by Crippen LogP contribution is 2.31. The normalized spacial score (nSPS) is 14.2. The minimum absolute atomic E-state index is 0.0300. The van der Waals surface area contributed by atoms with Crippen LogP contribution in [0, 0.1) is 11.2 Å². The van der Waals surface area contributed by atoms with Crippen LogP contribution in [0.2, 0.25) is 0 Å². The Hall–Kier alpha value is -1.30. The van der Waals surface area contributed by atoms with Crippen molar-refractivity contribution in [3.05, 3.63) is 29.6 Å². The second kappa shape index (κ2) is 5.99. The monoisotopic (exact) mass is 292 g/mol. The van der Waals surface area contributed by atoms with E-state index in [2.05, 4.69) is 5.32 Å². The molecule has 1 rings (SSSR count). The third kappa shape index (κ3) is 5.36. The molecule has 2 nitrogen and oxygen atoms in total. The Labute approximate surface area is 116 Å². The Morgan fingerprint density at radius 2 is 1.80 bits per heavy atom. The summed E-state index contributed by atoms with van der Waals surface area (Å²) < 4.78 is 50.7. The zero-order chi connectivity index (χ0) is 15.6. The first-order valence-electron chi connectivity index (χ1n) is 6.35. The molecule has 1 aromatic carbocycles. The van der Waals surface area contributed by atoms with E-state index in [0.29, 0.717) is 12.6 Å². The van der Waals surface area contributed by atoms with Gasteiger partial charge in [-0.05, 0) is 30.0 Å². The minimum atomic E-state index is -4.54. The number of halogens is 4. The number of anilines is 1. The van der Waals surface area contributed by atoms with Crippen LogP contribution < -0.4 is 11.1 Å². The summed E-state index contributed by atoms with van der Waals surface area (Å²) in [5.41, 5.74) is 4.96. The second-order valence-corrected chi connectivity index (χ2v) is 6.10. The van der Waals surface area contributed by atoms with Crippen molar-refractivity contribution in [2.75, 3.05) is 11.9 Å². The first-order chi connectivity index (χ1) is 8.99. The maximum Gasteiger partial charge on any atom is 0.416 e. The molecule has 0 amide bonds. The number of rotatable bonds is 4. The topological polar surface area (TPSA) is 38.0 Å². The molecule has 0 spiro atoms. The summed E-state index contributed by atoms with van der Waals surface area (Å²) in [7, 11) is 0. The quantitative estimate of drug-likeness (QED) is 0.823. The molecule has 1 unspecified atom stereocenters. The Balaban J connectivity index is 2.66. The highest BCUT2D eigenvalue weighted by atomic mass is 19.4. The predicted molar refractivity (Wildman–Crippen MR) is 71.9 cm³/mol. The largest absolute Gasteiger partial charge is 0.416 e. The average Bonchev–Trinajstić information content (AvgIpc) is 2.23. The van der Waals surface area contributed by atoms with Crippen LogP contribution in [-0.2, 0) is 6.18 Å². The van der Waals surface area contributed by atoms with Crippen molar-refractivity contribution in [3.63, 3.8) is 0 Å². The van der Waals surface area contributed by atoms with Crippen LogP contribution in [0.25, 0.3) is 0 Å². The molecule has 0 aromatic heterocycles. The Morgan fingerprint density at radius 1 is 1.20 bits per heavy atom. The van der Waals surface area contributed by atoms with Crippen molar-refractivity contribution in [1.29, 1.82) is 0 Å². The third-order valence-corrected chi connectivity index (χ3v) is 2.73. The van der Waals surface area contributed by atoms with E-state index in [1.165, 1.54) is 0 Å². The molecule has 0 aliphatic rings. The van der Waals surface area contributed by atoms with Crippen molar-refractivity contribution in [3.8, 4) is 0 Å². The predicted octanol–water partition coefficient (Wildman–Crippen LogP) is 4.02. The SMILES string of the molecule is CC(C)(C)CC(N)CNc1ccc(C(F)(F)F)cc1F. The van der Waals surface area contributed by atoms with Gasteiger partial charge in [0.2, 0.25) is 0 Å². The fourth-order valence-electron chi connectivity index (χ4n) is 1.93. The molecule has 0 radical (unpaired) electrons. The van der Waals surface area contributed by atoms with E-state index in [1.807, 2.05) is 20.8 Å². The molecule has 1 aromatic rings. The first kappa shape index (κ1) is 16.8. The molecular formula is C14H20F4N2. The van der Waals surface area contributed by atoms with Crippen LogP contribution in [0.4, 0.5) is 23.2 Å². The number of benzene rings is 1. The molecule has 20 heavy (non-hydrogen) atoms. The lowest BCUT2D eigenvalue weighted by Gasteiger charge is -2.23. The van der Waals surface area contributed by atoms with Gasteiger partial charge in [0.05, 0.1) is 11.3 Å². The maximum atomic E-state index is 13.6. The van der Waals surface area contributed by atoms with E-state index in [1.54, 1.807) is 0 Å². The van der Waals surface area contributed by atoms with Gasteiger partial charge in [0.1, 0.15) is 5.82 Å². The fraction of sp³-hybridized carbons (Fsp3) is 0.571. The summed E-state index contributed by atoms with van der Waals surface area (Å²) in [5.74, 6) is -0.928. The molecule has 0 fully saturated rings. The van der Waals surface area contributed by atoms with E-state index < -0.39 is 17.6 Å². The van der Waals surface area contributed by atoms with Gasteiger partial charge < -0.3 is 11.1 Å². The number of alkyl halides is 3. The van der Waals surface area contributed by atoms with Crippen molar-refractivity contribution in [2.45, 2.75) is 39.4 Å². The molecule has 114 valence electrons. The van der Waals surface area contributed by atoms with Crippen LogP contribution in [-0.4, -0.2) is 12.6 Å². The van der Waals surface area contributed by atoms with Crippen LogP contribution in [0.3, 0.4) is 0 Å². The van der Waals surface area contributed by atoms with Gasteiger partial charge in [0, 0.05) is 12.6 Å². The fourth-order valence-corrected chi connectivity index (χ4v) is 1.93. The molecule has 0 saturated carbocycles. The van der Waals surface area contributed by atoms with Gasteiger partial charge >= 0.3 is 6.18 Å². The van der Waals surface area contributed by atoms with Gasteiger partial charge in [-0.25, -0.2) is 4.39 Å². The molecule has 0 saturated heterocycles. The van der Waals surface area contributed by atoms with Gasteiger partial charge in [-0.1, -0.05) is 20.8 Å². The zero-order valence-electron chi connectivity index (χ0n) is 11.8. The van der Waals surface area contributed by atoms with Crippen molar-refractivity contribution >= 4 is 5.69 Å². The molecule has 0 aliphatic carbocycles. The Morgan fingerprint density at radius 3 is 2.25 bits per heavy atom. The molecule has 0 heterocycles. The molecular weight excluding hydrogens is 272 g/mol. The van der Waals surface area contributed by atoms with E-state index in [4.69, 9.17) is 5.73 Å². The summed E-state index contributed by atoms with van der Waals surface area (Å²) in [6.07, 6.45) is -3.82. The highest BCUT2D eigenvalue weighted by Gasteiger charge is 2.31. The second-order valence-electron chi connectivity index (χ2n) is 6.10. The van der Waals surface area contributed by atoms with E-state index in [-0.39, 0.29) is 17.1 Å². The van der Waals surface area contributed by atoms with Crippen LogP contribution >= 0.6 is 0 Å². The third-order valence-electron chi connectivity index (χ3n) is 2.73. The smallest absolute Gasteiger partial charge is 0.381 e. The van der Waals surface area contributed by atoms with E-state index >= 15 is 0 Å². The standard InChI is InChI=1S/C14H20F4N2/c1-13(2,3)7-10(19)8-20-12-5-4-9(6-11(12)15)14(16,17)18/h4-6,10,20H,7-8,19H2,1-3H3. The average molecular weight is 292 g/mol.